The van der Waals surface area contributed by atoms with Gasteiger partial charge in [0.25, 0.3) is 11.2 Å². The third-order valence-electron chi connectivity index (χ3n) is 6.26. The van der Waals surface area contributed by atoms with E-state index in [4.69, 9.17) is 9.47 Å². The van der Waals surface area contributed by atoms with Gasteiger partial charge in [0.05, 0.1) is 17.1 Å². The molecule has 1 saturated heterocycles. The van der Waals surface area contributed by atoms with Crippen LogP contribution in [-0.4, -0.2) is 61.3 Å². The number of rotatable bonds is 13. The molecule has 2 aromatic rings. The van der Waals surface area contributed by atoms with E-state index in [0.29, 0.717) is 12.2 Å². The molecule has 1 aromatic carbocycles. The number of aliphatic hydroxyl groups is 3. The molecule has 12 heteroatoms. The van der Waals surface area contributed by atoms with Crippen LogP contribution in [0.25, 0.3) is 0 Å². The van der Waals surface area contributed by atoms with E-state index >= 15 is 0 Å². The summed E-state index contributed by atoms with van der Waals surface area (Å²) in [5.41, 5.74) is -1.25. The maximum Gasteiger partial charge on any atom is 0.330 e. The van der Waals surface area contributed by atoms with Crippen LogP contribution < -0.4 is 11.2 Å². The van der Waals surface area contributed by atoms with Crippen molar-refractivity contribution in [3.63, 3.8) is 0 Å². The topological polar surface area (TPSA) is 177 Å². The van der Waals surface area contributed by atoms with Crippen LogP contribution in [-0.2, 0) is 9.47 Å². The smallest absolute Gasteiger partial charge is 0.330 e. The number of aromatic nitrogens is 2. The van der Waals surface area contributed by atoms with Gasteiger partial charge in [0, 0.05) is 24.9 Å². The van der Waals surface area contributed by atoms with Gasteiger partial charge in [-0.25, -0.2) is 4.79 Å². The first-order valence-electron chi connectivity index (χ1n) is 12.1. The van der Waals surface area contributed by atoms with Gasteiger partial charge in [0.1, 0.15) is 24.4 Å². The number of aliphatic hydroxyl groups excluding tert-OH is 3. The van der Waals surface area contributed by atoms with E-state index in [1.807, 2.05) is 0 Å². The lowest BCUT2D eigenvalue weighted by molar-refractivity contribution is -0.384. The van der Waals surface area contributed by atoms with Crippen LogP contribution in [0.4, 0.5) is 5.69 Å². The molecule has 0 spiro atoms. The molecule has 1 aromatic heterocycles. The lowest BCUT2D eigenvalue weighted by Gasteiger charge is -2.22. The number of non-ortho nitro benzene ring substituents is 1. The molecule has 0 saturated carbocycles. The number of nitrogens with zero attached hydrogens (tertiary/aromatic N) is 2. The highest BCUT2D eigenvalue weighted by molar-refractivity contribution is 5.36. The number of hydrogen-bond donors (Lipinski definition) is 4. The summed E-state index contributed by atoms with van der Waals surface area (Å²) in [4.78, 5) is 38.1. The number of nitrogens with one attached hydrogen (secondary N) is 1. The van der Waals surface area contributed by atoms with Crippen molar-refractivity contribution in [2.75, 3.05) is 13.2 Å². The summed E-state index contributed by atoms with van der Waals surface area (Å²) in [6.07, 6.45) is 0.939. The number of aromatic amines is 1. The minimum absolute atomic E-state index is 0.0205. The van der Waals surface area contributed by atoms with Crippen LogP contribution in [0.2, 0.25) is 0 Å². The molecule has 12 nitrogen and oxygen atoms in total. The molecule has 0 aliphatic carbocycles. The van der Waals surface area contributed by atoms with Gasteiger partial charge in [-0.3, -0.25) is 24.5 Å². The zero-order valence-electron chi connectivity index (χ0n) is 20.1. The SMILES string of the molecule is CCCCCCCCOC(c1ccc([N+](=O)[O-])cc1)c1cn([C@@H]2O[C@H](CO)[C@@H](O)[C@H]2O)c(=O)[nH]c1=O. The normalized spacial score (nSPS) is 22.6. The molecule has 5 atom stereocenters. The van der Waals surface area contributed by atoms with Crippen molar-refractivity contribution < 1.29 is 29.7 Å². The monoisotopic (exact) mass is 507 g/mol. The van der Waals surface area contributed by atoms with Crippen LogP contribution in [0.3, 0.4) is 0 Å². The van der Waals surface area contributed by atoms with Crippen LogP contribution in [0.15, 0.2) is 40.1 Å². The Labute approximate surface area is 207 Å². The molecule has 1 unspecified atom stereocenters. The second kappa shape index (κ2) is 12.9. The Kier molecular flexibility index (Phi) is 9.90. The summed E-state index contributed by atoms with van der Waals surface area (Å²) in [5.74, 6) is 0. The number of nitro benzene ring substituents is 1. The zero-order valence-corrected chi connectivity index (χ0v) is 20.1. The molecular formula is C24H33N3O9. The number of H-pyrrole nitrogens is 1. The average Bonchev–Trinajstić information content (AvgIpc) is 3.15. The lowest BCUT2D eigenvalue weighted by atomic mass is 10.0. The Morgan fingerprint density at radius 2 is 1.78 bits per heavy atom. The van der Waals surface area contributed by atoms with Crippen molar-refractivity contribution in [1.29, 1.82) is 0 Å². The van der Waals surface area contributed by atoms with E-state index in [9.17, 15) is 35.0 Å². The lowest BCUT2D eigenvalue weighted by Crippen LogP contribution is -2.39. The van der Waals surface area contributed by atoms with Crippen molar-refractivity contribution in [1.82, 2.24) is 9.55 Å². The van der Waals surface area contributed by atoms with Gasteiger partial charge in [-0.2, -0.15) is 0 Å². The van der Waals surface area contributed by atoms with Crippen molar-refractivity contribution in [2.45, 2.75) is 76.1 Å². The predicted molar refractivity (Wildman–Crippen MR) is 129 cm³/mol. The molecule has 198 valence electrons. The zero-order chi connectivity index (χ0) is 26.2. The molecule has 2 heterocycles. The fourth-order valence-corrected chi connectivity index (χ4v) is 4.21. The molecule has 36 heavy (non-hydrogen) atoms. The maximum absolute atomic E-state index is 12.8. The van der Waals surface area contributed by atoms with E-state index in [-0.39, 0.29) is 11.3 Å². The Morgan fingerprint density at radius 1 is 1.11 bits per heavy atom. The number of unbranched alkanes of at least 4 members (excludes halogenated alkanes) is 5. The summed E-state index contributed by atoms with van der Waals surface area (Å²) in [6, 6.07) is 5.55. The van der Waals surface area contributed by atoms with Gasteiger partial charge < -0.3 is 24.8 Å². The molecule has 1 aliphatic rings. The fourth-order valence-electron chi connectivity index (χ4n) is 4.21. The molecule has 0 radical (unpaired) electrons. The third-order valence-corrected chi connectivity index (χ3v) is 6.26. The third kappa shape index (κ3) is 6.45. The van der Waals surface area contributed by atoms with Crippen molar-refractivity contribution in [3.8, 4) is 0 Å². The molecule has 1 fully saturated rings. The maximum atomic E-state index is 12.8. The minimum Gasteiger partial charge on any atom is -0.394 e. The molecular weight excluding hydrogens is 474 g/mol. The van der Waals surface area contributed by atoms with Crippen LogP contribution in [0.1, 0.15) is 68.9 Å². The standard InChI is InChI=1S/C24H33N3O9/c1-2-3-4-5-6-7-12-35-21(15-8-10-16(11-9-15)27(33)34)17-13-26(24(32)25-22(17)31)23-20(30)19(29)18(14-28)36-23/h8-11,13,18-21,23,28-30H,2-7,12,14H2,1H3,(H,25,31,32)/t18-,19-,20-,21?,23-/m1/s1. The number of nitro groups is 1. The molecule has 3 rings (SSSR count). The minimum atomic E-state index is -1.53. The second-order valence-corrected chi connectivity index (χ2v) is 8.85. The van der Waals surface area contributed by atoms with Gasteiger partial charge in [-0.1, -0.05) is 39.0 Å². The highest BCUT2D eigenvalue weighted by atomic mass is 16.6. The number of benzene rings is 1. The highest BCUT2D eigenvalue weighted by Crippen LogP contribution is 2.30. The van der Waals surface area contributed by atoms with Crippen LogP contribution in [0, 0.1) is 10.1 Å². The molecule has 1 aliphatic heterocycles. The molecule has 4 N–H and O–H groups in total. The largest absolute Gasteiger partial charge is 0.394 e. The highest BCUT2D eigenvalue weighted by Gasteiger charge is 2.44. The van der Waals surface area contributed by atoms with E-state index in [1.165, 1.54) is 30.5 Å². The summed E-state index contributed by atoms with van der Waals surface area (Å²) in [5, 5.41) is 40.9. The Balaban J connectivity index is 1.91. The van der Waals surface area contributed by atoms with Crippen LogP contribution >= 0.6 is 0 Å². The first kappa shape index (κ1) is 27.7. The quantitative estimate of drug-likeness (QED) is 0.178. The molecule has 0 bridgehead atoms. The van der Waals surface area contributed by atoms with E-state index in [0.717, 1.165) is 43.1 Å². The Hall–Kier alpha value is -2.90. The van der Waals surface area contributed by atoms with Crippen LogP contribution in [0.5, 0.6) is 0 Å². The first-order chi connectivity index (χ1) is 17.3. The second-order valence-electron chi connectivity index (χ2n) is 8.85. The van der Waals surface area contributed by atoms with Gasteiger partial charge in [0.15, 0.2) is 6.23 Å². The number of hydrogen-bond acceptors (Lipinski definition) is 9. The van der Waals surface area contributed by atoms with Crippen molar-refractivity contribution in [3.05, 3.63) is 72.5 Å². The van der Waals surface area contributed by atoms with Crippen molar-refractivity contribution in [2.24, 2.45) is 0 Å². The number of ether oxygens (including phenoxy) is 2. The Bertz CT molecular complexity index is 1120. The summed E-state index contributed by atoms with van der Waals surface area (Å²) in [7, 11) is 0. The predicted octanol–water partition coefficient (Wildman–Crippen LogP) is 1.52. The summed E-state index contributed by atoms with van der Waals surface area (Å²) >= 11 is 0. The summed E-state index contributed by atoms with van der Waals surface area (Å²) < 4.78 is 12.4. The van der Waals surface area contributed by atoms with Crippen molar-refractivity contribution >= 4 is 5.69 Å². The van der Waals surface area contributed by atoms with Gasteiger partial charge in [-0.05, 0) is 24.1 Å². The van der Waals surface area contributed by atoms with E-state index < -0.39 is 53.4 Å². The van der Waals surface area contributed by atoms with Gasteiger partial charge in [0.2, 0.25) is 0 Å². The average molecular weight is 508 g/mol. The van der Waals surface area contributed by atoms with E-state index in [1.54, 1.807) is 0 Å². The molecule has 0 amide bonds. The first-order valence-corrected chi connectivity index (χ1v) is 12.1. The summed E-state index contributed by atoms with van der Waals surface area (Å²) in [6.45, 7) is 1.86. The van der Waals surface area contributed by atoms with Gasteiger partial charge >= 0.3 is 5.69 Å². The van der Waals surface area contributed by atoms with Gasteiger partial charge in [-0.15, -0.1) is 0 Å². The Morgan fingerprint density at radius 3 is 2.39 bits per heavy atom. The fraction of sp³-hybridized carbons (Fsp3) is 0.583. The van der Waals surface area contributed by atoms with E-state index in [2.05, 4.69) is 11.9 Å².